The maximum Gasteiger partial charge on any atom is 0.341 e. The summed E-state index contributed by atoms with van der Waals surface area (Å²) in [4.78, 5) is 60.4. The first-order valence-corrected chi connectivity index (χ1v) is 14.1. The highest BCUT2D eigenvalue weighted by molar-refractivity contribution is 7.17. The second kappa shape index (κ2) is 10.1. The average molecular weight is 562 g/mol. The lowest BCUT2D eigenvalue weighted by atomic mass is 9.90. The maximum atomic E-state index is 14.2. The third-order valence-electron chi connectivity index (χ3n) is 7.75. The first-order chi connectivity index (χ1) is 19.3. The van der Waals surface area contributed by atoms with Gasteiger partial charge in [0.25, 0.3) is 11.6 Å². The van der Waals surface area contributed by atoms with E-state index in [1.165, 1.54) is 23.5 Å². The molecule has 3 aliphatic rings. The zero-order valence-electron chi connectivity index (χ0n) is 22.0. The van der Waals surface area contributed by atoms with E-state index in [1.54, 1.807) is 24.1 Å². The monoisotopic (exact) mass is 561 g/mol. The number of anilines is 2. The number of fused-ring (bicyclic) bond motifs is 2. The maximum absolute atomic E-state index is 14.2. The molecule has 0 N–H and O–H groups in total. The number of thiophene rings is 1. The number of esters is 1. The van der Waals surface area contributed by atoms with Crippen molar-refractivity contribution in [3.63, 3.8) is 0 Å². The minimum absolute atomic E-state index is 0.0830. The number of ether oxygens (including phenoxy) is 1. The van der Waals surface area contributed by atoms with E-state index in [0.717, 1.165) is 40.2 Å². The summed E-state index contributed by atoms with van der Waals surface area (Å²) in [6.07, 6.45) is 2.23. The second-order valence-corrected chi connectivity index (χ2v) is 11.2. The van der Waals surface area contributed by atoms with Crippen LogP contribution in [0.4, 0.5) is 16.4 Å². The molecule has 2 aromatic carbocycles. The predicted molar refractivity (Wildman–Crippen MR) is 147 cm³/mol. The fourth-order valence-corrected chi connectivity index (χ4v) is 7.28. The highest BCUT2D eigenvalue weighted by Gasteiger charge is 2.61. The number of hydrogen-bond donors (Lipinski definition) is 0. The van der Waals surface area contributed by atoms with Crippen LogP contribution in [0.1, 0.15) is 57.7 Å². The number of nitro groups is 1. The van der Waals surface area contributed by atoms with E-state index >= 15 is 0 Å². The van der Waals surface area contributed by atoms with Gasteiger partial charge in [0.2, 0.25) is 5.91 Å². The molecule has 206 valence electrons. The molecule has 2 aliphatic heterocycles. The van der Waals surface area contributed by atoms with Crippen LogP contribution in [0.2, 0.25) is 0 Å². The Bertz CT molecular complexity index is 1530. The molecule has 0 spiro atoms. The fourth-order valence-electron chi connectivity index (χ4n) is 5.89. The standard InChI is InChI=1S/C29H27N3O7S/c1-3-38-29(35)22-19-9-5-7-11-21(19)40-28(22)30-26(33)23-24(17-12-14-18(15-13-17)32(36)37)31(39-25(23)27(30)34)20-10-6-4-8-16(20)2/h4,6,8,10,12-15,23-25H,3,5,7,9,11H2,1-2H3. The van der Waals surface area contributed by atoms with Crippen molar-refractivity contribution in [3.8, 4) is 0 Å². The van der Waals surface area contributed by atoms with Crippen molar-refractivity contribution in [3.05, 3.63) is 85.8 Å². The summed E-state index contributed by atoms with van der Waals surface area (Å²) in [7, 11) is 0. The van der Waals surface area contributed by atoms with Crippen LogP contribution in [0.3, 0.4) is 0 Å². The Hall–Kier alpha value is -4.09. The molecule has 2 saturated heterocycles. The van der Waals surface area contributed by atoms with Gasteiger partial charge in [-0.3, -0.25) is 24.5 Å². The molecule has 6 rings (SSSR count). The lowest BCUT2D eigenvalue weighted by Crippen LogP contribution is -2.38. The van der Waals surface area contributed by atoms with E-state index in [0.29, 0.717) is 28.2 Å². The zero-order chi connectivity index (χ0) is 28.1. The highest BCUT2D eigenvalue weighted by atomic mass is 32.1. The van der Waals surface area contributed by atoms with Crippen molar-refractivity contribution in [2.75, 3.05) is 16.6 Å². The molecule has 11 heteroatoms. The van der Waals surface area contributed by atoms with Crippen LogP contribution in [0.5, 0.6) is 0 Å². The number of amides is 2. The lowest BCUT2D eigenvalue weighted by Gasteiger charge is -2.29. The second-order valence-electron chi connectivity index (χ2n) is 10.1. The number of aryl methyl sites for hydroxylation is 2. The number of hydrogen-bond acceptors (Lipinski definition) is 9. The quantitative estimate of drug-likeness (QED) is 0.177. The van der Waals surface area contributed by atoms with Crippen molar-refractivity contribution < 1.29 is 28.9 Å². The molecule has 0 saturated carbocycles. The molecule has 2 fully saturated rings. The van der Waals surface area contributed by atoms with E-state index in [4.69, 9.17) is 9.57 Å². The summed E-state index contributed by atoms with van der Waals surface area (Å²) in [5, 5.41) is 13.2. The third-order valence-corrected chi connectivity index (χ3v) is 9.03. The van der Waals surface area contributed by atoms with E-state index in [-0.39, 0.29) is 12.3 Å². The Morgan fingerprint density at radius 1 is 1.10 bits per heavy atom. The van der Waals surface area contributed by atoms with Crippen LogP contribution in [-0.2, 0) is 32.0 Å². The van der Waals surface area contributed by atoms with Crippen LogP contribution < -0.4 is 9.96 Å². The third kappa shape index (κ3) is 4.08. The van der Waals surface area contributed by atoms with Gasteiger partial charge in [-0.15, -0.1) is 11.3 Å². The van der Waals surface area contributed by atoms with Crippen LogP contribution in [0.15, 0.2) is 48.5 Å². The number of benzene rings is 2. The minimum Gasteiger partial charge on any atom is -0.462 e. The van der Waals surface area contributed by atoms with Gasteiger partial charge in [0, 0.05) is 17.0 Å². The summed E-state index contributed by atoms with van der Waals surface area (Å²) in [5.74, 6) is -2.48. The predicted octanol–water partition coefficient (Wildman–Crippen LogP) is 5.07. The summed E-state index contributed by atoms with van der Waals surface area (Å²) >= 11 is 1.30. The van der Waals surface area contributed by atoms with Gasteiger partial charge in [0.05, 0.1) is 28.8 Å². The summed E-state index contributed by atoms with van der Waals surface area (Å²) < 4.78 is 5.35. The Balaban J connectivity index is 1.45. The Morgan fingerprint density at radius 3 is 2.52 bits per heavy atom. The van der Waals surface area contributed by atoms with Gasteiger partial charge in [-0.2, -0.15) is 0 Å². The largest absolute Gasteiger partial charge is 0.462 e. The van der Waals surface area contributed by atoms with Crippen molar-refractivity contribution in [2.45, 2.75) is 51.7 Å². The Labute approximate surface area is 234 Å². The topological polar surface area (TPSA) is 119 Å². The molecule has 0 bridgehead atoms. The van der Waals surface area contributed by atoms with Gasteiger partial charge in [0.15, 0.2) is 6.10 Å². The molecule has 1 aliphatic carbocycles. The molecule has 3 aromatic rings. The lowest BCUT2D eigenvalue weighted by molar-refractivity contribution is -0.384. The summed E-state index contributed by atoms with van der Waals surface area (Å²) in [6, 6.07) is 12.7. The molecule has 3 unspecified atom stereocenters. The number of imide groups is 1. The molecule has 1 aromatic heterocycles. The molecular formula is C29H27N3O7S. The average Bonchev–Trinajstić information content (AvgIpc) is 3.59. The highest BCUT2D eigenvalue weighted by Crippen LogP contribution is 2.51. The van der Waals surface area contributed by atoms with Crippen molar-refractivity contribution in [1.29, 1.82) is 0 Å². The van der Waals surface area contributed by atoms with Gasteiger partial charge in [0.1, 0.15) is 10.9 Å². The number of hydroxylamine groups is 1. The van der Waals surface area contributed by atoms with Gasteiger partial charge in [-0.1, -0.05) is 30.3 Å². The molecular weight excluding hydrogens is 534 g/mol. The Kier molecular flexibility index (Phi) is 6.63. The SMILES string of the molecule is CCOC(=O)c1c(N2C(=O)C3ON(c4ccccc4C)C(c4ccc([N+](=O)[O-])cc4)C3C2=O)sc2c1CCCC2. The minimum atomic E-state index is -1.12. The van der Waals surface area contributed by atoms with E-state index in [1.807, 2.05) is 31.2 Å². The smallest absolute Gasteiger partial charge is 0.341 e. The number of carbonyl (C=O) groups is 3. The normalized spacial score (nSPS) is 21.9. The van der Waals surface area contributed by atoms with Crippen LogP contribution in [-0.4, -0.2) is 35.4 Å². The summed E-state index contributed by atoms with van der Waals surface area (Å²) in [6.45, 7) is 3.79. The molecule has 3 heterocycles. The summed E-state index contributed by atoms with van der Waals surface area (Å²) in [5.41, 5.74) is 3.23. The van der Waals surface area contributed by atoms with Crippen molar-refractivity contribution >= 4 is 45.5 Å². The van der Waals surface area contributed by atoms with Crippen LogP contribution >= 0.6 is 11.3 Å². The number of non-ortho nitro benzene ring substituents is 1. The van der Waals surface area contributed by atoms with Gasteiger partial charge in [-0.25, -0.2) is 14.8 Å². The zero-order valence-corrected chi connectivity index (χ0v) is 22.8. The van der Waals surface area contributed by atoms with Crippen LogP contribution in [0.25, 0.3) is 0 Å². The number of nitrogens with zero attached hydrogens (tertiary/aromatic N) is 3. The Morgan fingerprint density at radius 2 is 1.82 bits per heavy atom. The van der Waals surface area contributed by atoms with Crippen LogP contribution in [0, 0.1) is 23.0 Å². The molecule has 10 nitrogen and oxygen atoms in total. The molecule has 40 heavy (non-hydrogen) atoms. The number of carbonyl (C=O) groups excluding carboxylic acids is 3. The van der Waals surface area contributed by atoms with E-state index < -0.39 is 40.8 Å². The van der Waals surface area contributed by atoms with Gasteiger partial charge >= 0.3 is 5.97 Å². The number of para-hydroxylation sites is 1. The molecule has 3 atom stereocenters. The van der Waals surface area contributed by atoms with Crippen molar-refractivity contribution in [1.82, 2.24) is 0 Å². The molecule has 2 amide bonds. The van der Waals surface area contributed by atoms with E-state index in [9.17, 15) is 24.5 Å². The van der Waals surface area contributed by atoms with Gasteiger partial charge in [-0.05, 0) is 62.3 Å². The fraction of sp³-hybridized carbons (Fsp3) is 0.345. The first-order valence-electron chi connectivity index (χ1n) is 13.3. The first kappa shape index (κ1) is 26.1. The number of nitro benzene ring substituents is 1. The van der Waals surface area contributed by atoms with Crippen molar-refractivity contribution in [2.24, 2.45) is 5.92 Å². The van der Waals surface area contributed by atoms with E-state index in [2.05, 4.69) is 0 Å². The number of rotatable bonds is 6. The molecule has 0 radical (unpaired) electrons. The van der Waals surface area contributed by atoms with Gasteiger partial charge < -0.3 is 4.74 Å².